The highest BCUT2D eigenvalue weighted by Gasteiger charge is 2.35. The summed E-state index contributed by atoms with van der Waals surface area (Å²) in [6.07, 6.45) is 3.77. The predicted octanol–water partition coefficient (Wildman–Crippen LogP) is 3.48. The van der Waals surface area contributed by atoms with Crippen molar-refractivity contribution in [1.29, 1.82) is 0 Å². The summed E-state index contributed by atoms with van der Waals surface area (Å²) >= 11 is 0. The van der Waals surface area contributed by atoms with E-state index in [1.54, 1.807) is 15.8 Å². The SMILES string of the molecule is Cc1ccc(N2C[C@H](C(=O)Nc3cccc(-n4cccn4)c3)CC2=O)c(C)c1. The van der Waals surface area contributed by atoms with E-state index in [1.807, 2.05) is 62.5 Å². The largest absolute Gasteiger partial charge is 0.326 e. The molecule has 6 heteroatoms. The van der Waals surface area contributed by atoms with Crippen LogP contribution in [0.4, 0.5) is 11.4 Å². The van der Waals surface area contributed by atoms with E-state index in [1.165, 1.54) is 0 Å². The van der Waals surface area contributed by atoms with Crippen LogP contribution in [0.15, 0.2) is 60.9 Å². The summed E-state index contributed by atoms with van der Waals surface area (Å²) in [7, 11) is 0. The van der Waals surface area contributed by atoms with Crippen molar-refractivity contribution in [3.05, 3.63) is 72.1 Å². The number of nitrogens with one attached hydrogen (secondary N) is 1. The Hall–Kier alpha value is -3.41. The molecule has 28 heavy (non-hydrogen) atoms. The summed E-state index contributed by atoms with van der Waals surface area (Å²) < 4.78 is 1.73. The van der Waals surface area contributed by atoms with Crippen molar-refractivity contribution >= 4 is 23.2 Å². The van der Waals surface area contributed by atoms with E-state index in [9.17, 15) is 9.59 Å². The summed E-state index contributed by atoms with van der Waals surface area (Å²) in [6, 6.07) is 15.3. The molecule has 1 aliphatic heterocycles. The van der Waals surface area contributed by atoms with Crippen molar-refractivity contribution in [2.75, 3.05) is 16.8 Å². The molecule has 0 bridgehead atoms. The zero-order valence-corrected chi connectivity index (χ0v) is 15.9. The fraction of sp³-hybridized carbons (Fsp3) is 0.227. The number of carbonyl (C=O) groups is 2. The fourth-order valence-electron chi connectivity index (χ4n) is 3.62. The lowest BCUT2D eigenvalue weighted by atomic mass is 10.1. The van der Waals surface area contributed by atoms with Crippen molar-refractivity contribution in [2.24, 2.45) is 5.92 Å². The number of rotatable bonds is 4. The van der Waals surface area contributed by atoms with E-state index in [4.69, 9.17) is 0 Å². The summed E-state index contributed by atoms with van der Waals surface area (Å²) in [5, 5.41) is 7.15. The molecule has 1 aromatic heterocycles. The molecule has 0 unspecified atom stereocenters. The van der Waals surface area contributed by atoms with Crippen molar-refractivity contribution < 1.29 is 9.59 Å². The van der Waals surface area contributed by atoms with Crippen LogP contribution < -0.4 is 10.2 Å². The molecule has 6 nitrogen and oxygen atoms in total. The first kappa shape index (κ1) is 18.0. The Balaban J connectivity index is 1.47. The fourth-order valence-corrected chi connectivity index (χ4v) is 3.62. The van der Waals surface area contributed by atoms with Crippen molar-refractivity contribution in [1.82, 2.24) is 9.78 Å². The van der Waals surface area contributed by atoms with E-state index < -0.39 is 0 Å². The zero-order valence-electron chi connectivity index (χ0n) is 15.9. The summed E-state index contributed by atoms with van der Waals surface area (Å²) in [4.78, 5) is 27.0. The van der Waals surface area contributed by atoms with Gasteiger partial charge in [0.25, 0.3) is 0 Å². The molecule has 1 atom stereocenters. The minimum Gasteiger partial charge on any atom is -0.326 e. The number of nitrogens with zero attached hydrogens (tertiary/aromatic N) is 3. The van der Waals surface area contributed by atoms with Gasteiger partial charge in [-0.15, -0.1) is 0 Å². The van der Waals surface area contributed by atoms with Gasteiger partial charge in [-0.2, -0.15) is 5.10 Å². The average molecular weight is 374 g/mol. The molecule has 1 saturated heterocycles. The standard InChI is InChI=1S/C22H22N4O2/c1-15-7-8-20(16(2)11-15)25-14-17(12-21(25)27)22(28)24-18-5-3-6-19(13-18)26-10-4-9-23-26/h3-11,13,17H,12,14H2,1-2H3,(H,24,28)/t17-/m1/s1. The summed E-state index contributed by atoms with van der Waals surface area (Å²) in [5.41, 5.74) is 4.63. The van der Waals surface area contributed by atoms with Crippen LogP contribution in [0.2, 0.25) is 0 Å². The third kappa shape index (κ3) is 3.53. The topological polar surface area (TPSA) is 67.2 Å². The van der Waals surface area contributed by atoms with Crippen LogP contribution in [0.1, 0.15) is 17.5 Å². The Morgan fingerprint density at radius 1 is 1.14 bits per heavy atom. The third-order valence-electron chi connectivity index (χ3n) is 5.02. The van der Waals surface area contributed by atoms with Crippen LogP contribution in [-0.2, 0) is 9.59 Å². The lowest BCUT2D eigenvalue weighted by molar-refractivity contribution is -0.122. The molecule has 3 aromatic rings. The van der Waals surface area contributed by atoms with Crippen LogP contribution >= 0.6 is 0 Å². The second-order valence-corrected chi connectivity index (χ2v) is 7.19. The second-order valence-electron chi connectivity index (χ2n) is 7.19. The number of carbonyl (C=O) groups excluding carboxylic acids is 2. The van der Waals surface area contributed by atoms with Gasteiger partial charge in [0.15, 0.2) is 0 Å². The molecule has 0 saturated carbocycles. The molecule has 4 rings (SSSR count). The number of hydrogen-bond donors (Lipinski definition) is 1. The molecule has 1 aliphatic rings. The molecule has 142 valence electrons. The Morgan fingerprint density at radius 3 is 2.75 bits per heavy atom. The maximum Gasteiger partial charge on any atom is 0.229 e. The zero-order chi connectivity index (χ0) is 19.7. The monoisotopic (exact) mass is 374 g/mol. The molecule has 2 heterocycles. The van der Waals surface area contributed by atoms with Crippen molar-refractivity contribution in [3.8, 4) is 5.69 Å². The van der Waals surface area contributed by atoms with Crippen LogP contribution in [0.5, 0.6) is 0 Å². The quantitative estimate of drug-likeness (QED) is 0.760. The minimum atomic E-state index is -0.374. The van der Waals surface area contributed by atoms with Gasteiger partial charge in [-0.3, -0.25) is 9.59 Å². The minimum absolute atomic E-state index is 0.0163. The van der Waals surface area contributed by atoms with Crippen LogP contribution in [0.3, 0.4) is 0 Å². The Labute approximate surface area is 163 Å². The van der Waals surface area contributed by atoms with Gasteiger partial charge < -0.3 is 10.2 Å². The van der Waals surface area contributed by atoms with Crippen LogP contribution in [0, 0.1) is 19.8 Å². The Morgan fingerprint density at radius 2 is 2.00 bits per heavy atom. The molecule has 0 aliphatic carbocycles. The summed E-state index contributed by atoms with van der Waals surface area (Å²) in [6.45, 7) is 4.41. The van der Waals surface area contributed by atoms with Gasteiger partial charge in [0, 0.05) is 36.7 Å². The highest BCUT2D eigenvalue weighted by Crippen LogP contribution is 2.29. The molecular formula is C22H22N4O2. The molecule has 0 radical (unpaired) electrons. The third-order valence-corrected chi connectivity index (χ3v) is 5.02. The number of anilines is 2. The second kappa shape index (κ2) is 7.31. The first-order valence-electron chi connectivity index (χ1n) is 9.30. The van der Waals surface area contributed by atoms with E-state index in [0.717, 1.165) is 22.5 Å². The van der Waals surface area contributed by atoms with Crippen molar-refractivity contribution in [3.63, 3.8) is 0 Å². The molecule has 1 N–H and O–H groups in total. The Bertz CT molecular complexity index is 1030. The summed E-state index contributed by atoms with van der Waals surface area (Å²) in [5.74, 6) is -0.530. The van der Waals surface area contributed by atoms with Crippen LogP contribution in [-0.4, -0.2) is 28.1 Å². The number of aromatic nitrogens is 2. The van der Waals surface area contributed by atoms with Crippen molar-refractivity contribution in [2.45, 2.75) is 20.3 Å². The van der Waals surface area contributed by atoms with Gasteiger partial charge in [0.2, 0.25) is 11.8 Å². The lowest BCUT2D eigenvalue weighted by Gasteiger charge is -2.19. The number of benzene rings is 2. The average Bonchev–Trinajstić information content (AvgIpc) is 3.32. The van der Waals surface area contributed by atoms with E-state index in [0.29, 0.717) is 12.2 Å². The van der Waals surface area contributed by atoms with E-state index >= 15 is 0 Å². The van der Waals surface area contributed by atoms with Gasteiger partial charge in [-0.25, -0.2) is 4.68 Å². The van der Waals surface area contributed by atoms with Gasteiger partial charge in [-0.1, -0.05) is 23.8 Å². The van der Waals surface area contributed by atoms with Crippen LogP contribution in [0.25, 0.3) is 5.69 Å². The van der Waals surface area contributed by atoms with Gasteiger partial charge in [0.05, 0.1) is 11.6 Å². The first-order chi connectivity index (χ1) is 13.5. The molecule has 2 aromatic carbocycles. The maximum atomic E-state index is 12.8. The van der Waals surface area contributed by atoms with E-state index in [-0.39, 0.29) is 24.2 Å². The van der Waals surface area contributed by atoms with Gasteiger partial charge in [-0.05, 0) is 49.7 Å². The smallest absolute Gasteiger partial charge is 0.229 e. The number of amides is 2. The first-order valence-corrected chi connectivity index (χ1v) is 9.30. The predicted molar refractivity (Wildman–Crippen MR) is 109 cm³/mol. The maximum absolute atomic E-state index is 12.8. The number of hydrogen-bond acceptors (Lipinski definition) is 3. The van der Waals surface area contributed by atoms with E-state index in [2.05, 4.69) is 16.5 Å². The highest BCUT2D eigenvalue weighted by atomic mass is 16.2. The molecule has 0 spiro atoms. The normalized spacial score (nSPS) is 16.4. The lowest BCUT2D eigenvalue weighted by Crippen LogP contribution is -2.28. The highest BCUT2D eigenvalue weighted by molar-refractivity contribution is 6.03. The molecule has 1 fully saturated rings. The Kier molecular flexibility index (Phi) is 4.69. The van der Waals surface area contributed by atoms with Gasteiger partial charge in [0.1, 0.15) is 0 Å². The number of aryl methyl sites for hydroxylation is 2. The molecular weight excluding hydrogens is 352 g/mol. The van der Waals surface area contributed by atoms with Gasteiger partial charge >= 0.3 is 0 Å². The molecule has 2 amide bonds.